The fourth-order valence-electron chi connectivity index (χ4n) is 3.17. The Balaban J connectivity index is 1.35. The maximum atomic E-state index is 12.4. The predicted octanol–water partition coefficient (Wildman–Crippen LogP) is 6.52. The lowest BCUT2D eigenvalue weighted by Gasteiger charge is -2.10. The molecule has 0 bridgehead atoms. The average molecular weight is 478 g/mol. The first-order chi connectivity index (χ1) is 16.0. The molecule has 1 amide bonds. The molecule has 0 radical (unpaired) electrons. The van der Waals surface area contributed by atoms with Gasteiger partial charge in [-0.25, -0.2) is 5.43 Å². The van der Waals surface area contributed by atoms with Crippen molar-refractivity contribution < 1.29 is 9.53 Å². The van der Waals surface area contributed by atoms with Crippen LogP contribution in [0.2, 0.25) is 10.0 Å². The molecule has 0 fully saturated rings. The fraction of sp³-hybridized carbons (Fsp3) is 0.0769. The van der Waals surface area contributed by atoms with E-state index in [9.17, 15) is 4.79 Å². The quantitative estimate of drug-likeness (QED) is 0.243. The molecule has 0 aliphatic heterocycles. The van der Waals surface area contributed by atoms with Crippen molar-refractivity contribution in [3.8, 4) is 11.4 Å². The van der Waals surface area contributed by atoms with Gasteiger partial charge in [0.1, 0.15) is 12.4 Å². The van der Waals surface area contributed by atoms with Gasteiger partial charge in [0.2, 0.25) is 0 Å². The number of carbonyl (C=O) groups is 1. The molecule has 7 heteroatoms. The highest BCUT2D eigenvalue weighted by molar-refractivity contribution is 6.35. The number of ether oxygens (including phenoxy) is 1. The minimum atomic E-state index is -0.273. The highest BCUT2D eigenvalue weighted by atomic mass is 35.5. The number of rotatable bonds is 7. The van der Waals surface area contributed by atoms with Crippen LogP contribution < -0.4 is 10.2 Å². The molecule has 0 aliphatic carbocycles. The molecule has 4 aromatic rings. The number of nitrogens with one attached hydrogen (secondary N) is 1. The van der Waals surface area contributed by atoms with Crippen LogP contribution in [0.1, 0.15) is 28.4 Å². The summed E-state index contributed by atoms with van der Waals surface area (Å²) in [5.41, 5.74) is 6.40. The number of amides is 1. The van der Waals surface area contributed by atoms with Gasteiger partial charge in [0.25, 0.3) is 5.91 Å². The lowest BCUT2D eigenvalue weighted by Crippen LogP contribution is -2.19. The molecule has 4 rings (SSSR count). The Hall–Kier alpha value is -3.54. The van der Waals surface area contributed by atoms with Crippen molar-refractivity contribution in [1.82, 2.24) is 9.99 Å². The molecule has 1 heterocycles. The standard InChI is InChI=1S/C26H21Cl2N3O2/c1-18(29-30-26(32)20-7-11-21(12-8-20)31-15-2-3-16-31)19-9-13-22(14-10-19)33-17-23-24(27)5-4-6-25(23)28/h2-16H,17H2,1H3,(H,30,32)/b29-18+. The topological polar surface area (TPSA) is 55.6 Å². The van der Waals surface area contributed by atoms with Crippen LogP contribution in [-0.4, -0.2) is 16.2 Å². The minimum absolute atomic E-state index is 0.268. The van der Waals surface area contributed by atoms with Crippen LogP contribution in [0.3, 0.4) is 0 Å². The molecule has 1 N–H and O–H groups in total. The summed E-state index contributed by atoms with van der Waals surface area (Å²) in [6, 6.07) is 24.0. The predicted molar refractivity (Wildman–Crippen MR) is 133 cm³/mol. The van der Waals surface area contributed by atoms with Crippen LogP contribution in [-0.2, 0) is 6.61 Å². The molecule has 33 heavy (non-hydrogen) atoms. The van der Waals surface area contributed by atoms with Crippen molar-refractivity contribution in [1.29, 1.82) is 0 Å². The largest absolute Gasteiger partial charge is 0.489 e. The normalized spacial score (nSPS) is 11.3. The van der Waals surface area contributed by atoms with E-state index in [4.69, 9.17) is 27.9 Å². The smallest absolute Gasteiger partial charge is 0.271 e. The van der Waals surface area contributed by atoms with Gasteiger partial charge in [-0.15, -0.1) is 0 Å². The Kier molecular flexibility index (Phi) is 7.13. The van der Waals surface area contributed by atoms with Gasteiger partial charge in [-0.3, -0.25) is 4.79 Å². The summed E-state index contributed by atoms with van der Waals surface area (Å²) < 4.78 is 7.77. The first-order valence-corrected chi connectivity index (χ1v) is 11.0. The van der Waals surface area contributed by atoms with E-state index in [0.717, 1.165) is 16.8 Å². The monoisotopic (exact) mass is 477 g/mol. The van der Waals surface area contributed by atoms with Crippen molar-refractivity contribution >= 4 is 34.8 Å². The highest BCUT2D eigenvalue weighted by Gasteiger charge is 2.08. The summed E-state index contributed by atoms with van der Waals surface area (Å²) in [5, 5.41) is 5.36. The lowest BCUT2D eigenvalue weighted by molar-refractivity contribution is 0.0955. The van der Waals surface area contributed by atoms with Gasteiger partial charge in [0.05, 0.1) is 5.71 Å². The van der Waals surface area contributed by atoms with E-state index in [0.29, 0.717) is 27.1 Å². The SMILES string of the molecule is C/C(=N\NC(=O)c1ccc(-n2cccc2)cc1)c1ccc(OCc2c(Cl)cccc2Cl)cc1. The lowest BCUT2D eigenvalue weighted by atomic mass is 10.1. The van der Waals surface area contributed by atoms with Crippen LogP contribution in [0.4, 0.5) is 0 Å². The fourth-order valence-corrected chi connectivity index (χ4v) is 3.68. The van der Waals surface area contributed by atoms with E-state index in [1.54, 1.807) is 30.3 Å². The number of carbonyl (C=O) groups excluding carboxylic acids is 1. The summed E-state index contributed by atoms with van der Waals surface area (Å²) in [6.07, 6.45) is 3.90. The summed E-state index contributed by atoms with van der Waals surface area (Å²) in [4.78, 5) is 12.4. The van der Waals surface area contributed by atoms with Gasteiger partial charge in [0.15, 0.2) is 0 Å². The Labute approximate surface area is 202 Å². The van der Waals surface area contributed by atoms with Gasteiger partial charge in [-0.2, -0.15) is 5.10 Å². The van der Waals surface area contributed by atoms with Crippen LogP contribution in [0.15, 0.2) is 96.4 Å². The van der Waals surface area contributed by atoms with E-state index in [2.05, 4.69) is 10.5 Å². The maximum absolute atomic E-state index is 12.4. The van der Waals surface area contributed by atoms with Crippen LogP contribution in [0.5, 0.6) is 5.75 Å². The molecule has 0 atom stereocenters. The molecule has 1 aromatic heterocycles. The molecule has 0 saturated heterocycles. The van der Waals surface area contributed by atoms with E-state index in [1.807, 2.05) is 72.4 Å². The van der Waals surface area contributed by atoms with Crippen molar-refractivity contribution in [2.75, 3.05) is 0 Å². The van der Waals surface area contributed by atoms with Crippen molar-refractivity contribution in [3.63, 3.8) is 0 Å². The molecule has 5 nitrogen and oxygen atoms in total. The van der Waals surface area contributed by atoms with Gasteiger partial charge in [0, 0.05) is 39.3 Å². The van der Waals surface area contributed by atoms with Gasteiger partial charge in [-0.05, 0) is 85.3 Å². The van der Waals surface area contributed by atoms with Gasteiger partial charge in [-0.1, -0.05) is 29.3 Å². The summed E-state index contributed by atoms with van der Waals surface area (Å²) in [6.45, 7) is 2.10. The van der Waals surface area contributed by atoms with E-state index >= 15 is 0 Å². The summed E-state index contributed by atoms with van der Waals surface area (Å²) >= 11 is 12.4. The zero-order valence-electron chi connectivity index (χ0n) is 17.8. The molecular weight excluding hydrogens is 457 g/mol. The minimum Gasteiger partial charge on any atom is -0.489 e. The third-order valence-electron chi connectivity index (χ3n) is 5.07. The molecule has 3 aromatic carbocycles. The third kappa shape index (κ3) is 5.64. The zero-order chi connectivity index (χ0) is 23.2. The van der Waals surface area contributed by atoms with Crippen molar-refractivity contribution in [3.05, 3.63) is 118 Å². The van der Waals surface area contributed by atoms with E-state index in [-0.39, 0.29) is 12.5 Å². The van der Waals surface area contributed by atoms with Gasteiger partial charge >= 0.3 is 0 Å². The Morgan fingerprint density at radius 2 is 1.48 bits per heavy atom. The van der Waals surface area contributed by atoms with Crippen molar-refractivity contribution in [2.24, 2.45) is 5.10 Å². The summed E-state index contributed by atoms with van der Waals surface area (Å²) in [5.74, 6) is 0.402. The number of halogens is 2. The third-order valence-corrected chi connectivity index (χ3v) is 5.78. The molecule has 0 saturated carbocycles. The first-order valence-electron chi connectivity index (χ1n) is 10.3. The van der Waals surface area contributed by atoms with Crippen molar-refractivity contribution in [2.45, 2.75) is 13.5 Å². The number of nitrogens with zero attached hydrogens (tertiary/aromatic N) is 2. The maximum Gasteiger partial charge on any atom is 0.271 e. The second kappa shape index (κ2) is 10.4. The number of hydrazone groups is 1. The second-order valence-electron chi connectivity index (χ2n) is 7.29. The average Bonchev–Trinajstić information content (AvgIpc) is 3.37. The Bertz CT molecular complexity index is 1250. The number of benzene rings is 3. The van der Waals surface area contributed by atoms with E-state index in [1.165, 1.54) is 0 Å². The molecular formula is C26H21Cl2N3O2. The Morgan fingerprint density at radius 3 is 2.12 bits per heavy atom. The molecule has 0 aliphatic rings. The zero-order valence-corrected chi connectivity index (χ0v) is 19.3. The van der Waals surface area contributed by atoms with E-state index < -0.39 is 0 Å². The number of aromatic nitrogens is 1. The van der Waals surface area contributed by atoms with Gasteiger partial charge < -0.3 is 9.30 Å². The van der Waals surface area contributed by atoms with Crippen LogP contribution in [0.25, 0.3) is 5.69 Å². The number of hydrogen-bond acceptors (Lipinski definition) is 3. The number of hydrogen-bond donors (Lipinski definition) is 1. The first kappa shape index (κ1) is 22.6. The molecule has 0 unspecified atom stereocenters. The summed E-state index contributed by atoms with van der Waals surface area (Å²) in [7, 11) is 0. The molecule has 0 spiro atoms. The van der Waals surface area contributed by atoms with Crippen LogP contribution in [0, 0.1) is 0 Å². The second-order valence-corrected chi connectivity index (χ2v) is 8.10. The highest BCUT2D eigenvalue weighted by Crippen LogP contribution is 2.26. The Morgan fingerprint density at radius 1 is 0.879 bits per heavy atom. The molecule has 166 valence electrons. The van der Waals surface area contributed by atoms with Crippen LogP contribution >= 0.6 is 23.2 Å².